The van der Waals surface area contributed by atoms with Gasteiger partial charge in [0.1, 0.15) is 5.75 Å². The first-order chi connectivity index (χ1) is 9.11. The third-order valence-corrected chi connectivity index (χ3v) is 4.41. The lowest BCUT2D eigenvalue weighted by Crippen LogP contribution is -2.34. The molecule has 1 atom stereocenters. The van der Waals surface area contributed by atoms with Crippen LogP contribution in [0.15, 0.2) is 24.3 Å². The van der Waals surface area contributed by atoms with Gasteiger partial charge in [0.2, 0.25) is 0 Å². The first kappa shape index (κ1) is 16.4. The van der Waals surface area contributed by atoms with Gasteiger partial charge in [-0.25, -0.2) is 0 Å². The fraction of sp³-hybridized carbons (Fsp3) is 0.625. The summed E-state index contributed by atoms with van der Waals surface area (Å²) < 4.78 is 0. The topological polar surface area (TPSA) is 32.3 Å². The Bertz CT molecular complexity index is 337. The molecule has 2 nitrogen and oxygen atoms in total. The summed E-state index contributed by atoms with van der Waals surface area (Å²) in [4.78, 5) is 0. The number of thioether (sulfide) groups is 1. The van der Waals surface area contributed by atoms with Gasteiger partial charge in [-0.15, -0.1) is 0 Å². The van der Waals surface area contributed by atoms with Crippen LogP contribution in [0.2, 0.25) is 0 Å². The number of hydrogen-bond acceptors (Lipinski definition) is 3. The van der Waals surface area contributed by atoms with Crippen LogP contribution < -0.4 is 5.32 Å². The SMILES string of the molecule is CCCNC(CSCC(C)C)Cc1ccc(O)cc1. The van der Waals surface area contributed by atoms with Crippen molar-refractivity contribution < 1.29 is 5.11 Å². The van der Waals surface area contributed by atoms with Crippen molar-refractivity contribution in [1.29, 1.82) is 0 Å². The average Bonchev–Trinajstić information content (AvgIpc) is 2.38. The normalized spacial score (nSPS) is 12.8. The Labute approximate surface area is 122 Å². The molecule has 0 fully saturated rings. The van der Waals surface area contributed by atoms with Crippen LogP contribution in [0.5, 0.6) is 5.75 Å². The lowest BCUT2D eigenvalue weighted by atomic mass is 10.1. The monoisotopic (exact) mass is 281 g/mol. The number of aromatic hydroxyl groups is 1. The van der Waals surface area contributed by atoms with Gasteiger partial charge in [0.05, 0.1) is 0 Å². The second-order valence-corrected chi connectivity index (χ2v) is 6.53. The second-order valence-electron chi connectivity index (χ2n) is 5.45. The van der Waals surface area contributed by atoms with Crippen molar-refractivity contribution in [2.24, 2.45) is 5.92 Å². The summed E-state index contributed by atoms with van der Waals surface area (Å²) in [6.07, 6.45) is 2.20. The Balaban J connectivity index is 2.45. The van der Waals surface area contributed by atoms with E-state index in [2.05, 4.69) is 26.1 Å². The van der Waals surface area contributed by atoms with Crippen LogP contribution in [0.4, 0.5) is 0 Å². The highest BCUT2D eigenvalue weighted by atomic mass is 32.2. The van der Waals surface area contributed by atoms with Crippen LogP contribution >= 0.6 is 11.8 Å². The van der Waals surface area contributed by atoms with Gasteiger partial charge >= 0.3 is 0 Å². The van der Waals surface area contributed by atoms with Crippen molar-refractivity contribution in [3.8, 4) is 5.75 Å². The summed E-state index contributed by atoms with van der Waals surface area (Å²) in [6, 6.07) is 8.10. The van der Waals surface area contributed by atoms with E-state index in [0.717, 1.165) is 24.6 Å². The molecule has 1 unspecified atom stereocenters. The van der Waals surface area contributed by atoms with Crippen LogP contribution in [-0.4, -0.2) is 29.2 Å². The molecule has 0 bridgehead atoms. The molecular formula is C16H27NOS. The van der Waals surface area contributed by atoms with Crippen LogP contribution in [0, 0.1) is 5.92 Å². The highest BCUT2D eigenvalue weighted by molar-refractivity contribution is 7.99. The molecule has 0 amide bonds. The molecule has 0 spiro atoms. The molecule has 1 rings (SSSR count). The van der Waals surface area contributed by atoms with E-state index in [-0.39, 0.29) is 0 Å². The summed E-state index contributed by atoms with van der Waals surface area (Å²) in [5.74, 6) is 3.47. The molecular weight excluding hydrogens is 254 g/mol. The Morgan fingerprint density at radius 1 is 1.16 bits per heavy atom. The van der Waals surface area contributed by atoms with Crippen molar-refractivity contribution in [3.05, 3.63) is 29.8 Å². The zero-order valence-corrected chi connectivity index (χ0v) is 13.2. The molecule has 1 aromatic carbocycles. The minimum atomic E-state index is 0.344. The Kier molecular flexibility index (Phi) is 7.99. The standard InChI is InChI=1S/C16H27NOS/c1-4-9-17-15(12-19-11-13(2)3)10-14-5-7-16(18)8-6-14/h5-8,13,15,17-18H,4,9-12H2,1-3H3. The summed E-state index contributed by atoms with van der Waals surface area (Å²) in [6.45, 7) is 7.81. The maximum atomic E-state index is 9.31. The lowest BCUT2D eigenvalue weighted by Gasteiger charge is -2.19. The molecule has 0 aromatic heterocycles. The van der Waals surface area contributed by atoms with E-state index in [1.807, 2.05) is 23.9 Å². The summed E-state index contributed by atoms with van der Waals surface area (Å²) in [5.41, 5.74) is 1.29. The number of hydrogen-bond donors (Lipinski definition) is 2. The number of rotatable bonds is 9. The highest BCUT2D eigenvalue weighted by Gasteiger charge is 2.09. The van der Waals surface area contributed by atoms with E-state index in [4.69, 9.17) is 0 Å². The van der Waals surface area contributed by atoms with E-state index in [9.17, 15) is 5.11 Å². The third kappa shape index (κ3) is 7.48. The minimum absolute atomic E-state index is 0.344. The van der Waals surface area contributed by atoms with Gasteiger partial charge in [-0.1, -0.05) is 32.9 Å². The van der Waals surface area contributed by atoms with Crippen molar-refractivity contribution in [2.45, 2.75) is 39.7 Å². The summed E-state index contributed by atoms with van der Waals surface area (Å²) in [7, 11) is 0. The van der Waals surface area contributed by atoms with Crippen LogP contribution in [0.1, 0.15) is 32.8 Å². The van der Waals surface area contributed by atoms with Gasteiger partial charge in [-0.3, -0.25) is 0 Å². The van der Waals surface area contributed by atoms with Gasteiger partial charge in [-0.2, -0.15) is 11.8 Å². The Hall–Kier alpha value is -0.670. The molecule has 0 aliphatic rings. The van der Waals surface area contributed by atoms with Gasteiger partial charge in [0.25, 0.3) is 0 Å². The zero-order valence-electron chi connectivity index (χ0n) is 12.4. The molecule has 0 radical (unpaired) electrons. The van der Waals surface area contributed by atoms with Gasteiger partial charge in [0, 0.05) is 11.8 Å². The zero-order chi connectivity index (χ0) is 14.1. The molecule has 108 valence electrons. The van der Waals surface area contributed by atoms with E-state index >= 15 is 0 Å². The largest absolute Gasteiger partial charge is 0.508 e. The fourth-order valence-electron chi connectivity index (χ4n) is 1.90. The summed E-state index contributed by atoms with van der Waals surface area (Å²) >= 11 is 2.03. The van der Waals surface area contributed by atoms with Crippen molar-refractivity contribution >= 4 is 11.8 Å². The van der Waals surface area contributed by atoms with Crippen LogP contribution in [0.25, 0.3) is 0 Å². The van der Waals surface area contributed by atoms with Crippen molar-refractivity contribution in [2.75, 3.05) is 18.1 Å². The smallest absolute Gasteiger partial charge is 0.115 e. The maximum absolute atomic E-state index is 9.31. The molecule has 19 heavy (non-hydrogen) atoms. The number of nitrogens with one attached hydrogen (secondary N) is 1. The predicted molar refractivity (Wildman–Crippen MR) is 86.1 cm³/mol. The first-order valence-corrected chi connectivity index (χ1v) is 8.36. The van der Waals surface area contributed by atoms with Crippen LogP contribution in [0.3, 0.4) is 0 Å². The minimum Gasteiger partial charge on any atom is -0.508 e. The molecule has 0 saturated heterocycles. The maximum Gasteiger partial charge on any atom is 0.115 e. The molecule has 2 N–H and O–H groups in total. The first-order valence-electron chi connectivity index (χ1n) is 7.20. The van der Waals surface area contributed by atoms with Gasteiger partial charge in [-0.05, 0) is 48.8 Å². The van der Waals surface area contributed by atoms with Crippen LogP contribution in [-0.2, 0) is 6.42 Å². The van der Waals surface area contributed by atoms with Crippen molar-refractivity contribution in [1.82, 2.24) is 5.32 Å². The highest BCUT2D eigenvalue weighted by Crippen LogP contribution is 2.15. The second kappa shape index (κ2) is 9.27. The molecule has 0 saturated carbocycles. The predicted octanol–water partition coefficient (Wildman–Crippen LogP) is 3.69. The number of phenols is 1. The molecule has 0 aliphatic carbocycles. The molecule has 3 heteroatoms. The Morgan fingerprint density at radius 3 is 2.42 bits per heavy atom. The van der Waals surface area contributed by atoms with E-state index in [1.54, 1.807) is 12.1 Å². The van der Waals surface area contributed by atoms with E-state index in [1.165, 1.54) is 17.7 Å². The number of phenolic OH excluding ortho intramolecular Hbond substituents is 1. The number of benzene rings is 1. The molecule has 0 heterocycles. The fourth-order valence-corrected chi connectivity index (χ4v) is 3.03. The quantitative estimate of drug-likeness (QED) is 0.724. The third-order valence-electron chi connectivity index (χ3n) is 2.87. The summed E-state index contributed by atoms with van der Waals surface area (Å²) in [5, 5.41) is 12.9. The van der Waals surface area contributed by atoms with Gasteiger partial charge < -0.3 is 10.4 Å². The van der Waals surface area contributed by atoms with E-state index in [0.29, 0.717) is 11.8 Å². The Morgan fingerprint density at radius 2 is 1.84 bits per heavy atom. The average molecular weight is 281 g/mol. The van der Waals surface area contributed by atoms with Gasteiger partial charge in [0.15, 0.2) is 0 Å². The van der Waals surface area contributed by atoms with E-state index < -0.39 is 0 Å². The molecule has 0 aliphatic heterocycles. The van der Waals surface area contributed by atoms with Crippen molar-refractivity contribution in [3.63, 3.8) is 0 Å². The lowest BCUT2D eigenvalue weighted by molar-refractivity contribution is 0.474. The molecule has 1 aromatic rings.